The molecular weight excluding hydrogens is 264 g/mol. The highest BCUT2D eigenvalue weighted by molar-refractivity contribution is 7.98. The van der Waals surface area contributed by atoms with E-state index in [9.17, 15) is 0 Å². The second-order valence-corrected chi connectivity index (χ2v) is 6.41. The molecule has 0 amide bonds. The van der Waals surface area contributed by atoms with E-state index in [-0.39, 0.29) is 0 Å². The van der Waals surface area contributed by atoms with E-state index in [0.29, 0.717) is 6.04 Å². The van der Waals surface area contributed by atoms with Crippen molar-refractivity contribution in [3.63, 3.8) is 0 Å². The molecule has 1 saturated carbocycles. The molecule has 0 aliphatic heterocycles. The minimum atomic E-state index is 0.647. The van der Waals surface area contributed by atoms with Gasteiger partial charge in [-0.2, -0.15) is 0 Å². The molecule has 2 aromatic heterocycles. The molecule has 0 aromatic carbocycles. The van der Waals surface area contributed by atoms with Crippen LogP contribution in [0.3, 0.4) is 0 Å². The van der Waals surface area contributed by atoms with Crippen LogP contribution in [0, 0.1) is 0 Å². The van der Waals surface area contributed by atoms with E-state index in [1.165, 1.54) is 23.5 Å². The molecule has 2 heterocycles. The number of hydrogen-bond donors (Lipinski definition) is 0. The fourth-order valence-corrected chi connectivity index (χ4v) is 3.70. The van der Waals surface area contributed by atoms with Crippen molar-refractivity contribution in [2.24, 2.45) is 0 Å². The van der Waals surface area contributed by atoms with Crippen LogP contribution in [0.4, 0.5) is 0 Å². The molecule has 3 rings (SSSR count). The third-order valence-electron chi connectivity index (χ3n) is 2.89. The van der Waals surface area contributed by atoms with Gasteiger partial charge < -0.3 is 4.57 Å². The van der Waals surface area contributed by atoms with Crippen molar-refractivity contribution in [3.8, 4) is 0 Å². The molecule has 0 bridgehead atoms. The second-order valence-electron chi connectivity index (χ2n) is 4.52. The van der Waals surface area contributed by atoms with Crippen LogP contribution in [-0.4, -0.2) is 19.7 Å². The van der Waals surface area contributed by atoms with E-state index in [1.807, 2.05) is 6.33 Å². The van der Waals surface area contributed by atoms with E-state index in [4.69, 9.17) is 0 Å². The van der Waals surface area contributed by atoms with E-state index in [2.05, 4.69) is 32.1 Å². The SMILES string of the molecule is CCCc1nc(CSc2nncn2C2CC2)cs1. The average molecular weight is 280 g/mol. The highest BCUT2D eigenvalue weighted by Crippen LogP contribution is 2.37. The van der Waals surface area contributed by atoms with Gasteiger partial charge in [0.15, 0.2) is 5.16 Å². The Morgan fingerprint density at radius 3 is 3.17 bits per heavy atom. The number of thioether (sulfide) groups is 1. The lowest BCUT2D eigenvalue weighted by Crippen LogP contribution is -1.95. The molecule has 0 radical (unpaired) electrons. The van der Waals surface area contributed by atoms with E-state index in [0.717, 1.165) is 23.8 Å². The maximum atomic E-state index is 4.63. The number of aromatic nitrogens is 4. The highest BCUT2D eigenvalue weighted by Gasteiger charge is 2.26. The summed E-state index contributed by atoms with van der Waals surface area (Å²) >= 11 is 3.51. The third-order valence-corrected chi connectivity index (χ3v) is 4.84. The number of nitrogens with zero attached hydrogens (tertiary/aromatic N) is 4. The van der Waals surface area contributed by atoms with Gasteiger partial charge in [0.05, 0.1) is 10.7 Å². The smallest absolute Gasteiger partial charge is 0.191 e. The van der Waals surface area contributed by atoms with Gasteiger partial charge in [-0.25, -0.2) is 4.98 Å². The summed E-state index contributed by atoms with van der Waals surface area (Å²) in [5.41, 5.74) is 1.17. The number of rotatable bonds is 6. The lowest BCUT2D eigenvalue weighted by atomic mass is 10.3. The van der Waals surface area contributed by atoms with Gasteiger partial charge in [-0.15, -0.1) is 21.5 Å². The molecule has 4 nitrogen and oxygen atoms in total. The first-order valence-corrected chi connectivity index (χ1v) is 8.19. The fourth-order valence-electron chi connectivity index (χ4n) is 1.82. The Kier molecular flexibility index (Phi) is 3.65. The quantitative estimate of drug-likeness (QED) is 0.761. The summed E-state index contributed by atoms with van der Waals surface area (Å²) in [5.74, 6) is 0.894. The van der Waals surface area contributed by atoms with Gasteiger partial charge in [-0.1, -0.05) is 18.7 Å². The first-order chi connectivity index (χ1) is 8.86. The monoisotopic (exact) mass is 280 g/mol. The van der Waals surface area contributed by atoms with Crippen LogP contribution in [0.1, 0.15) is 42.9 Å². The second kappa shape index (κ2) is 5.40. The van der Waals surface area contributed by atoms with Crippen LogP contribution < -0.4 is 0 Å². The summed E-state index contributed by atoms with van der Waals surface area (Å²) in [4.78, 5) is 4.63. The number of thiazole rings is 1. The molecule has 0 saturated heterocycles. The molecule has 1 aliphatic rings. The van der Waals surface area contributed by atoms with Crippen molar-refractivity contribution >= 4 is 23.1 Å². The van der Waals surface area contributed by atoms with Gasteiger partial charge in [0.1, 0.15) is 6.33 Å². The van der Waals surface area contributed by atoms with Crippen LogP contribution in [-0.2, 0) is 12.2 Å². The normalized spacial score (nSPS) is 15.2. The number of aryl methyl sites for hydroxylation is 1. The lowest BCUT2D eigenvalue weighted by Gasteiger charge is -2.02. The molecule has 2 aromatic rings. The van der Waals surface area contributed by atoms with Gasteiger partial charge >= 0.3 is 0 Å². The molecule has 0 unspecified atom stereocenters. The summed E-state index contributed by atoms with van der Waals surface area (Å²) in [5, 5.41) is 12.6. The van der Waals surface area contributed by atoms with Crippen LogP contribution in [0.15, 0.2) is 16.9 Å². The molecule has 0 spiro atoms. The van der Waals surface area contributed by atoms with Crippen molar-refractivity contribution in [2.75, 3.05) is 0 Å². The minimum absolute atomic E-state index is 0.647. The van der Waals surface area contributed by atoms with Crippen molar-refractivity contribution in [2.45, 2.75) is 49.6 Å². The molecule has 1 fully saturated rings. The zero-order valence-electron chi connectivity index (χ0n) is 10.4. The zero-order chi connectivity index (χ0) is 12.4. The van der Waals surface area contributed by atoms with Gasteiger partial charge in [0, 0.05) is 17.2 Å². The number of hydrogen-bond acceptors (Lipinski definition) is 5. The predicted octanol–water partition coefficient (Wildman–Crippen LogP) is 3.31. The Morgan fingerprint density at radius 1 is 1.50 bits per heavy atom. The summed E-state index contributed by atoms with van der Waals surface area (Å²) in [6, 6.07) is 0.647. The Bertz CT molecular complexity index is 516. The zero-order valence-corrected chi connectivity index (χ0v) is 12.0. The van der Waals surface area contributed by atoms with Crippen LogP contribution in [0.25, 0.3) is 0 Å². The highest BCUT2D eigenvalue weighted by atomic mass is 32.2. The van der Waals surface area contributed by atoms with E-state index in [1.54, 1.807) is 23.1 Å². The van der Waals surface area contributed by atoms with Crippen LogP contribution in [0.5, 0.6) is 0 Å². The molecule has 0 N–H and O–H groups in total. The summed E-state index contributed by atoms with van der Waals surface area (Å²) in [7, 11) is 0. The molecular formula is C12H16N4S2. The maximum absolute atomic E-state index is 4.63. The van der Waals surface area contributed by atoms with Gasteiger partial charge in [-0.3, -0.25) is 0 Å². The Balaban J connectivity index is 1.60. The van der Waals surface area contributed by atoms with Crippen molar-refractivity contribution in [1.29, 1.82) is 0 Å². The molecule has 6 heteroatoms. The maximum Gasteiger partial charge on any atom is 0.191 e. The lowest BCUT2D eigenvalue weighted by molar-refractivity contribution is 0.663. The molecule has 96 valence electrons. The van der Waals surface area contributed by atoms with E-state index >= 15 is 0 Å². The van der Waals surface area contributed by atoms with Crippen molar-refractivity contribution < 1.29 is 0 Å². The summed E-state index contributed by atoms with van der Waals surface area (Å²) < 4.78 is 2.20. The predicted molar refractivity (Wildman–Crippen MR) is 74.0 cm³/mol. The van der Waals surface area contributed by atoms with Gasteiger partial charge in [-0.05, 0) is 25.7 Å². The van der Waals surface area contributed by atoms with Gasteiger partial charge in [0.25, 0.3) is 0 Å². The largest absolute Gasteiger partial charge is 0.306 e. The van der Waals surface area contributed by atoms with Crippen LogP contribution in [0.2, 0.25) is 0 Å². The van der Waals surface area contributed by atoms with Crippen molar-refractivity contribution in [3.05, 3.63) is 22.4 Å². The topological polar surface area (TPSA) is 43.6 Å². The third kappa shape index (κ3) is 2.75. The average Bonchev–Trinajstić information content (AvgIpc) is 2.94. The summed E-state index contributed by atoms with van der Waals surface area (Å²) in [6.07, 6.45) is 6.64. The standard InChI is InChI=1S/C12H16N4S2/c1-2-3-11-14-9(6-17-11)7-18-12-15-13-8-16(12)10-4-5-10/h6,8,10H,2-5,7H2,1H3. The van der Waals surface area contributed by atoms with Crippen molar-refractivity contribution in [1.82, 2.24) is 19.7 Å². The Labute approximate surface area is 115 Å². The van der Waals surface area contributed by atoms with E-state index < -0.39 is 0 Å². The molecule has 18 heavy (non-hydrogen) atoms. The first kappa shape index (κ1) is 12.2. The first-order valence-electron chi connectivity index (χ1n) is 6.32. The van der Waals surface area contributed by atoms with Crippen LogP contribution >= 0.6 is 23.1 Å². The van der Waals surface area contributed by atoms with Gasteiger partial charge in [0.2, 0.25) is 0 Å². The molecule has 1 aliphatic carbocycles. The Morgan fingerprint density at radius 2 is 2.39 bits per heavy atom. The summed E-state index contributed by atoms with van der Waals surface area (Å²) in [6.45, 7) is 2.19. The molecule has 0 atom stereocenters. The minimum Gasteiger partial charge on any atom is -0.306 e. The Hall–Kier alpha value is -0.880. The fraction of sp³-hybridized carbons (Fsp3) is 0.583.